The van der Waals surface area contributed by atoms with E-state index in [2.05, 4.69) is 0 Å². The van der Waals surface area contributed by atoms with Crippen LogP contribution in [-0.4, -0.2) is 21.0 Å². The van der Waals surface area contributed by atoms with Crippen LogP contribution in [0.25, 0.3) is 0 Å². The molecule has 0 N–H and O–H groups in total. The Morgan fingerprint density at radius 2 is 1.92 bits per heavy atom. The number of carbonyl (C=O) groups is 1. The Bertz CT molecular complexity index is 432. The molecular formula is C9H10O3S. The van der Waals surface area contributed by atoms with E-state index in [9.17, 15) is 13.2 Å². The maximum Gasteiger partial charge on any atom is 0.175 e. The van der Waals surface area contributed by atoms with Crippen molar-refractivity contribution in [2.75, 3.05) is 6.26 Å². The number of hydrogen-bond donors (Lipinski definition) is 0. The Kier molecular flexibility index (Phi) is 2.52. The van der Waals surface area contributed by atoms with Gasteiger partial charge in [0.05, 0.1) is 4.90 Å². The Balaban J connectivity index is 3.38. The van der Waals surface area contributed by atoms with Crippen LogP contribution in [0.5, 0.6) is 0 Å². The van der Waals surface area contributed by atoms with Gasteiger partial charge in [-0.1, -0.05) is 6.07 Å². The molecule has 0 fully saturated rings. The number of hydrogen-bond acceptors (Lipinski definition) is 3. The summed E-state index contributed by atoms with van der Waals surface area (Å²) in [6.07, 6.45) is 1.77. The molecule has 0 spiro atoms. The lowest BCUT2D eigenvalue weighted by atomic mass is 10.1. The van der Waals surface area contributed by atoms with E-state index in [0.717, 1.165) is 11.8 Å². The lowest BCUT2D eigenvalue weighted by Gasteiger charge is -2.01. The van der Waals surface area contributed by atoms with E-state index in [-0.39, 0.29) is 4.90 Å². The minimum atomic E-state index is -3.21. The van der Waals surface area contributed by atoms with Gasteiger partial charge in [-0.15, -0.1) is 0 Å². The highest BCUT2D eigenvalue weighted by Crippen LogP contribution is 2.13. The molecule has 0 heterocycles. The highest BCUT2D eigenvalue weighted by atomic mass is 32.2. The molecule has 0 aliphatic carbocycles. The van der Waals surface area contributed by atoms with E-state index >= 15 is 0 Å². The molecule has 0 aliphatic rings. The summed E-state index contributed by atoms with van der Waals surface area (Å²) in [5.74, 6) is 0. The van der Waals surface area contributed by atoms with Crippen LogP contribution >= 0.6 is 0 Å². The first-order chi connectivity index (χ1) is 5.95. The average Bonchev–Trinajstić information content (AvgIpc) is 2.03. The number of carbonyl (C=O) groups excluding carboxylic acids is 1. The zero-order chi connectivity index (χ0) is 10.1. The van der Waals surface area contributed by atoms with Crippen molar-refractivity contribution in [3.8, 4) is 0 Å². The Hall–Kier alpha value is -1.16. The lowest BCUT2D eigenvalue weighted by molar-refractivity contribution is 0.112. The zero-order valence-corrected chi connectivity index (χ0v) is 8.26. The van der Waals surface area contributed by atoms with E-state index in [4.69, 9.17) is 0 Å². The van der Waals surface area contributed by atoms with Crippen molar-refractivity contribution < 1.29 is 13.2 Å². The van der Waals surface area contributed by atoms with Crippen molar-refractivity contribution in [3.63, 3.8) is 0 Å². The molecule has 0 aliphatic heterocycles. The van der Waals surface area contributed by atoms with Crippen LogP contribution in [-0.2, 0) is 9.84 Å². The zero-order valence-electron chi connectivity index (χ0n) is 7.44. The summed E-state index contributed by atoms with van der Waals surface area (Å²) in [5, 5.41) is 0. The van der Waals surface area contributed by atoms with Crippen LogP contribution in [0.4, 0.5) is 0 Å². The van der Waals surface area contributed by atoms with Gasteiger partial charge in [0.15, 0.2) is 9.84 Å². The van der Waals surface area contributed by atoms with Crippen LogP contribution in [0, 0.1) is 6.92 Å². The fourth-order valence-electron chi connectivity index (χ4n) is 0.976. The highest BCUT2D eigenvalue weighted by Gasteiger charge is 2.08. The van der Waals surface area contributed by atoms with E-state index in [1.807, 2.05) is 0 Å². The number of rotatable bonds is 2. The molecule has 0 atom stereocenters. The minimum absolute atomic E-state index is 0.181. The molecule has 1 rings (SSSR count). The number of aldehydes is 1. The van der Waals surface area contributed by atoms with Crippen molar-refractivity contribution in [1.82, 2.24) is 0 Å². The van der Waals surface area contributed by atoms with Gasteiger partial charge in [0.1, 0.15) is 6.29 Å². The van der Waals surface area contributed by atoms with Crippen LogP contribution in [0.2, 0.25) is 0 Å². The molecule has 0 bridgehead atoms. The first kappa shape index (κ1) is 9.92. The van der Waals surface area contributed by atoms with Gasteiger partial charge < -0.3 is 0 Å². The summed E-state index contributed by atoms with van der Waals surface area (Å²) in [6.45, 7) is 1.76. The summed E-state index contributed by atoms with van der Waals surface area (Å²) in [5.41, 5.74) is 1.20. The summed E-state index contributed by atoms with van der Waals surface area (Å²) in [7, 11) is -3.21. The SMILES string of the molecule is Cc1ccc(S(C)(=O)=O)cc1C=O. The predicted octanol–water partition coefficient (Wildman–Crippen LogP) is 1.21. The molecule has 0 radical (unpaired) electrons. The third-order valence-electron chi connectivity index (χ3n) is 1.81. The summed E-state index contributed by atoms with van der Waals surface area (Å²) in [4.78, 5) is 10.7. The normalized spacial score (nSPS) is 11.2. The van der Waals surface area contributed by atoms with Gasteiger partial charge >= 0.3 is 0 Å². The van der Waals surface area contributed by atoms with Crippen LogP contribution in [0.3, 0.4) is 0 Å². The monoisotopic (exact) mass is 198 g/mol. The Morgan fingerprint density at radius 1 is 1.31 bits per heavy atom. The van der Waals surface area contributed by atoms with Crippen molar-refractivity contribution in [2.24, 2.45) is 0 Å². The molecule has 1 aromatic rings. The molecule has 13 heavy (non-hydrogen) atoms. The van der Waals surface area contributed by atoms with Crippen molar-refractivity contribution in [1.29, 1.82) is 0 Å². The third kappa shape index (κ3) is 2.15. The topological polar surface area (TPSA) is 51.2 Å². The van der Waals surface area contributed by atoms with Gasteiger partial charge in [0.25, 0.3) is 0 Å². The standard InChI is InChI=1S/C9H10O3S/c1-7-3-4-9(13(2,11)12)5-8(7)6-10/h3-6H,1-2H3. The average molecular weight is 198 g/mol. The lowest BCUT2D eigenvalue weighted by Crippen LogP contribution is -1.98. The largest absolute Gasteiger partial charge is 0.298 e. The van der Waals surface area contributed by atoms with Crippen molar-refractivity contribution >= 4 is 16.1 Å². The molecule has 70 valence electrons. The summed E-state index contributed by atoms with van der Waals surface area (Å²) in [6, 6.07) is 4.51. The molecule has 0 aromatic heterocycles. The minimum Gasteiger partial charge on any atom is -0.298 e. The van der Waals surface area contributed by atoms with Gasteiger partial charge in [-0.2, -0.15) is 0 Å². The first-order valence-electron chi connectivity index (χ1n) is 3.71. The van der Waals surface area contributed by atoms with Crippen molar-refractivity contribution in [2.45, 2.75) is 11.8 Å². The molecule has 1 aromatic carbocycles. The second kappa shape index (κ2) is 3.30. The molecular weight excluding hydrogens is 188 g/mol. The quantitative estimate of drug-likeness (QED) is 0.671. The van der Waals surface area contributed by atoms with Crippen LogP contribution in [0.15, 0.2) is 23.1 Å². The van der Waals surface area contributed by atoms with Gasteiger partial charge in [-0.05, 0) is 24.6 Å². The summed E-state index contributed by atoms with van der Waals surface area (Å²) < 4.78 is 22.2. The molecule has 4 heteroatoms. The highest BCUT2D eigenvalue weighted by molar-refractivity contribution is 7.90. The number of benzene rings is 1. The van der Waals surface area contributed by atoms with Gasteiger partial charge in [-0.25, -0.2) is 8.42 Å². The van der Waals surface area contributed by atoms with Gasteiger partial charge in [-0.3, -0.25) is 4.79 Å². The first-order valence-corrected chi connectivity index (χ1v) is 5.60. The van der Waals surface area contributed by atoms with E-state index < -0.39 is 9.84 Å². The van der Waals surface area contributed by atoms with Crippen LogP contribution in [0.1, 0.15) is 15.9 Å². The third-order valence-corrected chi connectivity index (χ3v) is 2.92. The Labute approximate surface area is 77.3 Å². The number of sulfone groups is 1. The molecule has 0 saturated carbocycles. The maximum atomic E-state index is 11.1. The maximum absolute atomic E-state index is 11.1. The van der Waals surface area contributed by atoms with Gasteiger partial charge in [0, 0.05) is 11.8 Å². The fourth-order valence-corrected chi connectivity index (χ4v) is 1.63. The van der Waals surface area contributed by atoms with E-state index in [0.29, 0.717) is 11.8 Å². The number of aryl methyl sites for hydroxylation is 1. The smallest absolute Gasteiger partial charge is 0.175 e. The van der Waals surface area contributed by atoms with Crippen LogP contribution < -0.4 is 0 Å². The summed E-state index contributed by atoms with van der Waals surface area (Å²) >= 11 is 0. The predicted molar refractivity (Wildman–Crippen MR) is 49.7 cm³/mol. The fraction of sp³-hybridized carbons (Fsp3) is 0.222. The van der Waals surface area contributed by atoms with Gasteiger partial charge in [0.2, 0.25) is 0 Å². The second-order valence-corrected chi connectivity index (χ2v) is 4.92. The molecule has 0 saturated heterocycles. The molecule has 0 unspecified atom stereocenters. The Morgan fingerprint density at radius 3 is 2.38 bits per heavy atom. The van der Waals surface area contributed by atoms with E-state index in [1.54, 1.807) is 13.0 Å². The van der Waals surface area contributed by atoms with E-state index in [1.165, 1.54) is 12.1 Å². The van der Waals surface area contributed by atoms with Crippen molar-refractivity contribution in [3.05, 3.63) is 29.3 Å². The second-order valence-electron chi connectivity index (χ2n) is 2.91. The molecule has 0 amide bonds. The molecule has 3 nitrogen and oxygen atoms in total.